The van der Waals surface area contributed by atoms with Crippen molar-refractivity contribution in [3.8, 4) is 0 Å². The first kappa shape index (κ1) is 19.1. The van der Waals surface area contributed by atoms with Crippen LogP contribution in [0.4, 0.5) is 0 Å². The minimum atomic E-state index is -3.90. The molecule has 2 heterocycles. The summed E-state index contributed by atoms with van der Waals surface area (Å²) < 4.78 is 73.0. The lowest BCUT2D eigenvalue weighted by molar-refractivity contribution is 0.469. The zero-order chi connectivity index (χ0) is 18.5. The molecule has 3 rings (SSSR count). The third kappa shape index (κ3) is 4.19. The Bertz CT molecular complexity index is 970. The van der Waals surface area contributed by atoms with Gasteiger partial charge >= 0.3 is 0 Å². The average Bonchev–Trinajstić information content (AvgIpc) is 2.98. The lowest BCUT2D eigenvalue weighted by Gasteiger charge is -2.23. The molecule has 0 aliphatic carbocycles. The lowest BCUT2D eigenvalue weighted by atomic mass is 10.2. The number of hydrogen-bond acceptors (Lipinski definition) is 7. The Balaban J connectivity index is 1.88. The molecule has 0 radical (unpaired) electrons. The molecule has 2 aliphatic rings. The van der Waals surface area contributed by atoms with Crippen LogP contribution in [0.1, 0.15) is 6.42 Å². The third-order valence-corrected chi connectivity index (χ3v) is 10.7. The van der Waals surface area contributed by atoms with E-state index in [1.165, 1.54) is 24.3 Å². The van der Waals surface area contributed by atoms with Crippen LogP contribution in [0.25, 0.3) is 0 Å². The van der Waals surface area contributed by atoms with Crippen molar-refractivity contribution in [1.29, 1.82) is 0 Å². The van der Waals surface area contributed by atoms with Crippen molar-refractivity contribution in [1.82, 2.24) is 5.32 Å². The first-order valence-electron chi connectivity index (χ1n) is 7.65. The van der Waals surface area contributed by atoms with E-state index in [1.54, 1.807) is 0 Å². The van der Waals surface area contributed by atoms with Gasteiger partial charge in [-0.1, -0.05) is 11.6 Å². The maximum Gasteiger partial charge on any atom is 0.183 e. The van der Waals surface area contributed by atoms with Gasteiger partial charge in [-0.15, -0.1) is 0 Å². The summed E-state index contributed by atoms with van der Waals surface area (Å²) in [5, 5.41) is 2.19. The minimum Gasteiger partial charge on any atom is -0.308 e. The van der Waals surface area contributed by atoms with E-state index >= 15 is 0 Å². The van der Waals surface area contributed by atoms with Gasteiger partial charge in [0.25, 0.3) is 0 Å². The Kier molecular flexibility index (Phi) is 4.95. The SMILES string of the molecule is O=S1(=O)CCC(N[C@H]2CS(=O)(=O)C[C@@H]2S(=O)(=O)c2ccc(Cl)cc2)C1. The van der Waals surface area contributed by atoms with Crippen LogP contribution in [-0.4, -0.2) is 65.6 Å². The number of benzene rings is 1. The van der Waals surface area contributed by atoms with Crippen molar-refractivity contribution >= 4 is 41.1 Å². The maximum absolute atomic E-state index is 12.9. The van der Waals surface area contributed by atoms with Gasteiger partial charge in [-0.2, -0.15) is 0 Å². The summed E-state index contributed by atoms with van der Waals surface area (Å²) in [6, 6.07) is 4.31. The number of sulfone groups is 3. The fourth-order valence-corrected chi connectivity index (χ4v) is 9.79. The summed E-state index contributed by atoms with van der Waals surface area (Å²) in [7, 11) is -10.6. The normalized spacial score (nSPS) is 31.2. The Labute approximate surface area is 152 Å². The van der Waals surface area contributed by atoms with Gasteiger partial charge in [0.2, 0.25) is 0 Å². The second-order valence-electron chi connectivity index (χ2n) is 6.49. The highest BCUT2D eigenvalue weighted by Crippen LogP contribution is 2.28. The number of rotatable bonds is 4. The Hall–Kier alpha value is -0.680. The first-order valence-corrected chi connectivity index (χ1v) is 13.2. The summed E-state index contributed by atoms with van der Waals surface area (Å²) in [6.45, 7) is 0. The topological polar surface area (TPSA) is 114 Å². The molecule has 1 aromatic carbocycles. The molecule has 0 bridgehead atoms. The molecule has 25 heavy (non-hydrogen) atoms. The molecule has 0 spiro atoms. The predicted octanol–water partition coefficient (Wildman–Crippen LogP) is 0.0560. The van der Waals surface area contributed by atoms with Crippen LogP contribution in [0, 0.1) is 0 Å². The molecule has 3 atom stereocenters. The maximum atomic E-state index is 12.9. The van der Waals surface area contributed by atoms with Gasteiger partial charge in [-0.3, -0.25) is 0 Å². The van der Waals surface area contributed by atoms with Crippen molar-refractivity contribution in [2.45, 2.75) is 28.6 Å². The van der Waals surface area contributed by atoms with Crippen LogP contribution in [0.15, 0.2) is 29.2 Å². The lowest BCUT2D eigenvalue weighted by Crippen LogP contribution is -2.48. The van der Waals surface area contributed by atoms with Crippen molar-refractivity contribution in [2.24, 2.45) is 0 Å². The number of nitrogens with one attached hydrogen (secondary N) is 1. The van der Waals surface area contributed by atoms with E-state index in [2.05, 4.69) is 5.32 Å². The first-order chi connectivity index (χ1) is 11.5. The van der Waals surface area contributed by atoms with E-state index in [0.717, 1.165) is 0 Å². The largest absolute Gasteiger partial charge is 0.308 e. The number of hydrogen-bond donors (Lipinski definition) is 1. The van der Waals surface area contributed by atoms with Crippen LogP contribution in [-0.2, 0) is 29.5 Å². The van der Waals surface area contributed by atoms with Gasteiger partial charge in [0.15, 0.2) is 29.5 Å². The molecule has 0 aromatic heterocycles. The summed E-state index contributed by atoms with van der Waals surface area (Å²) in [6.07, 6.45) is 0.354. The van der Waals surface area contributed by atoms with Crippen LogP contribution in [0.3, 0.4) is 0 Å². The molecule has 1 aromatic rings. The smallest absolute Gasteiger partial charge is 0.183 e. The van der Waals surface area contributed by atoms with Crippen molar-refractivity contribution in [3.05, 3.63) is 29.3 Å². The molecular formula is C14H18ClNO6S3. The van der Waals surface area contributed by atoms with E-state index in [-0.39, 0.29) is 22.2 Å². The summed E-state index contributed by atoms with van der Waals surface area (Å²) in [4.78, 5) is 0.00448. The standard InChI is InChI=1S/C14H18ClNO6S3/c15-10-1-3-12(4-2-10)25(21,22)14-9-24(19,20)8-13(14)16-11-5-6-23(17,18)7-11/h1-4,11,13-14,16H,5-9H2/t11?,13-,14-/m0/s1. The predicted molar refractivity (Wildman–Crippen MR) is 95.1 cm³/mol. The van der Waals surface area contributed by atoms with Crippen molar-refractivity contribution in [2.75, 3.05) is 23.0 Å². The monoisotopic (exact) mass is 427 g/mol. The van der Waals surface area contributed by atoms with Crippen molar-refractivity contribution in [3.63, 3.8) is 0 Å². The van der Waals surface area contributed by atoms with Gasteiger partial charge in [0, 0.05) is 17.1 Å². The van der Waals surface area contributed by atoms with E-state index in [1.807, 2.05) is 0 Å². The molecule has 2 aliphatic heterocycles. The fourth-order valence-electron chi connectivity index (χ4n) is 3.30. The van der Waals surface area contributed by atoms with Gasteiger partial charge in [0.1, 0.15) is 0 Å². The summed E-state index contributed by atoms with van der Waals surface area (Å²) >= 11 is 5.78. The summed E-state index contributed by atoms with van der Waals surface area (Å²) in [5.41, 5.74) is 0. The fraction of sp³-hybridized carbons (Fsp3) is 0.571. The van der Waals surface area contributed by atoms with Crippen LogP contribution >= 0.6 is 11.6 Å². The summed E-state index contributed by atoms with van der Waals surface area (Å²) in [5.74, 6) is -0.869. The molecule has 1 unspecified atom stereocenters. The van der Waals surface area contributed by atoms with Gasteiger partial charge in [-0.25, -0.2) is 25.3 Å². The van der Waals surface area contributed by atoms with Crippen LogP contribution in [0.2, 0.25) is 5.02 Å². The highest BCUT2D eigenvalue weighted by molar-refractivity contribution is 7.96. The Morgan fingerprint density at radius 1 is 0.960 bits per heavy atom. The minimum absolute atomic E-state index is 0.00448. The van der Waals surface area contributed by atoms with E-state index in [9.17, 15) is 25.3 Å². The molecule has 2 saturated heterocycles. The highest BCUT2D eigenvalue weighted by atomic mass is 35.5. The number of halogens is 1. The second-order valence-corrected chi connectivity index (χ2v) is 13.5. The molecule has 0 saturated carbocycles. The van der Waals surface area contributed by atoms with Gasteiger partial charge in [-0.05, 0) is 30.7 Å². The Morgan fingerprint density at radius 3 is 2.16 bits per heavy atom. The third-order valence-electron chi connectivity index (χ3n) is 4.52. The quantitative estimate of drug-likeness (QED) is 0.722. The molecule has 7 nitrogen and oxygen atoms in total. The van der Waals surface area contributed by atoms with Crippen LogP contribution < -0.4 is 5.32 Å². The van der Waals surface area contributed by atoms with E-state index in [4.69, 9.17) is 11.6 Å². The molecule has 0 amide bonds. The molecule has 1 N–H and O–H groups in total. The molecular weight excluding hydrogens is 410 g/mol. The second kappa shape index (κ2) is 6.49. The van der Waals surface area contributed by atoms with Gasteiger partial charge < -0.3 is 5.32 Å². The average molecular weight is 428 g/mol. The zero-order valence-corrected chi connectivity index (χ0v) is 16.3. The van der Waals surface area contributed by atoms with Gasteiger partial charge in [0.05, 0.1) is 33.2 Å². The molecule has 2 fully saturated rings. The van der Waals surface area contributed by atoms with E-state index in [0.29, 0.717) is 11.4 Å². The van der Waals surface area contributed by atoms with Crippen molar-refractivity contribution < 1.29 is 25.3 Å². The van der Waals surface area contributed by atoms with Crippen LogP contribution in [0.5, 0.6) is 0 Å². The zero-order valence-electron chi connectivity index (χ0n) is 13.1. The Morgan fingerprint density at radius 2 is 1.60 bits per heavy atom. The molecule has 11 heteroatoms. The van der Waals surface area contributed by atoms with E-state index < -0.39 is 52.6 Å². The highest BCUT2D eigenvalue weighted by Gasteiger charge is 2.47. The molecule has 140 valence electrons.